The van der Waals surface area contributed by atoms with E-state index >= 15 is 0 Å². The van der Waals surface area contributed by atoms with Gasteiger partial charge in [-0.15, -0.1) is 0 Å². The molecule has 17 heteroatoms. The fourth-order valence-electron chi connectivity index (χ4n) is 5.36. The lowest BCUT2D eigenvalue weighted by atomic mass is 10.1. The summed E-state index contributed by atoms with van der Waals surface area (Å²) in [4.78, 5) is 72.8. The molecule has 2 amide bonds. The number of nitrogen functional groups attached to an aromatic ring is 1. The Kier molecular flexibility index (Phi) is 10.8. The van der Waals surface area contributed by atoms with E-state index in [0.717, 1.165) is 6.54 Å². The van der Waals surface area contributed by atoms with Gasteiger partial charge in [-0.2, -0.15) is 4.98 Å². The second kappa shape index (κ2) is 15.3. The van der Waals surface area contributed by atoms with Crippen LogP contribution in [0.3, 0.4) is 0 Å². The molecular formula is C31H35N9O7S. The van der Waals surface area contributed by atoms with Gasteiger partial charge < -0.3 is 46.7 Å². The fourth-order valence-corrected chi connectivity index (χ4v) is 6.41. The number of anilines is 4. The van der Waals surface area contributed by atoms with Crippen LogP contribution in [0.5, 0.6) is 0 Å². The van der Waals surface area contributed by atoms with Gasteiger partial charge >= 0.3 is 17.5 Å². The van der Waals surface area contributed by atoms with Gasteiger partial charge in [0.2, 0.25) is 12.4 Å². The van der Waals surface area contributed by atoms with Crippen molar-refractivity contribution < 1.29 is 29.4 Å². The topological polar surface area (TPSA) is 235 Å². The van der Waals surface area contributed by atoms with Crippen LogP contribution in [0, 0.1) is 0 Å². The Hall–Kier alpha value is -5.58. The van der Waals surface area contributed by atoms with Crippen molar-refractivity contribution in [1.82, 2.24) is 20.2 Å². The number of amidine groups is 1. The Morgan fingerprint density at radius 3 is 2.54 bits per heavy atom. The van der Waals surface area contributed by atoms with Gasteiger partial charge in [0.05, 0.1) is 12.1 Å². The number of aromatic nitrogens is 2. The molecule has 6 rings (SSSR count). The monoisotopic (exact) mass is 677 g/mol. The molecule has 252 valence electrons. The van der Waals surface area contributed by atoms with E-state index in [4.69, 9.17) is 15.8 Å². The van der Waals surface area contributed by atoms with E-state index in [-0.39, 0.29) is 30.2 Å². The Bertz CT molecular complexity index is 1740. The molecule has 3 aliphatic rings. The predicted molar refractivity (Wildman–Crippen MR) is 181 cm³/mol. The van der Waals surface area contributed by atoms with Crippen LogP contribution in [0.15, 0.2) is 64.4 Å². The van der Waals surface area contributed by atoms with Gasteiger partial charge in [0, 0.05) is 49.6 Å². The third-order valence-electron chi connectivity index (χ3n) is 7.84. The normalized spacial score (nSPS) is 18.2. The summed E-state index contributed by atoms with van der Waals surface area (Å²) >= 11 is 1.89. The van der Waals surface area contributed by atoms with E-state index in [1.165, 1.54) is 40.1 Å². The van der Waals surface area contributed by atoms with Gasteiger partial charge in [0.25, 0.3) is 5.91 Å². The van der Waals surface area contributed by atoms with Gasteiger partial charge in [-0.05, 0) is 36.2 Å². The molecule has 1 aromatic heterocycles. The van der Waals surface area contributed by atoms with Crippen molar-refractivity contribution in [3.63, 3.8) is 0 Å². The number of hydrogen-bond acceptors (Lipinski definition) is 12. The summed E-state index contributed by atoms with van der Waals surface area (Å²) in [5.74, 6) is -1.70. The minimum Gasteiger partial charge on any atom is -0.481 e. The molecule has 0 saturated carbocycles. The van der Waals surface area contributed by atoms with Crippen molar-refractivity contribution in [3.05, 3.63) is 76.1 Å². The molecule has 0 radical (unpaired) electrons. The van der Waals surface area contributed by atoms with E-state index in [9.17, 15) is 29.1 Å². The van der Waals surface area contributed by atoms with Crippen LogP contribution in [-0.2, 0) is 14.4 Å². The maximum Gasteiger partial charge on any atom is 0.326 e. The number of benzene rings is 2. The zero-order chi connectivity index (χ0) is 34.2. The molecular weight excluding hydrogens is 642 g/mol. The summed E-state index contributed by atoms with van der Waals surface area (Å²) in [6, 6.07) is 15.3. The first kappa shape index (κ1) is 33.8. The summed E-state index contributed by atoms with van der Waals surface area (Å²) < 4.78 is 0. The summed E-state index contributed by atoms with van der Waals surface area (Å²) in [5, 5.41) is 27.5. The van der Waals surface area contributed by atoms with E-state index in [0.29, 0.717) is 30.5 Å². The van der Waals surface area contributed by atoms with Gasteiger partial charge in [0.1, 0.15) is 11.9 Å². The number of carbonyl (C=O) groups excluding carboxylic acids is 2. The average Bonchev–Trinajstić information content (AvgIpc) is 3.69. The van der Waals surface area contributed by atoms with Gasteiger partial charge in [-0.1, -0.05) is 42.1 Å². The number of carboxylic acids is 2. The highest BCUT2D eigenvalue weighted by Gasteiger charge is 2.31. The number of aromatic amines is 1. The molecule has 0 bridgehead atoms. The first-order chi connectivity index (χ1) is 23.1. The number of nitrogens with two attached hydrogens (primary N) is 1. The molecule has 3 aromatic rings. The van der Waals surface area contributed by atoms with E-state index in [2.05, 4.69) is 61.2 Å². The minimum absolute atomic E-state index is 0.0603. The lowest BCUT2D eigenvalue weighted by Gasteiger charge is -2.34. The zero-order valence-corrected chi connectivity index (χ0v) is 26.5. The number of rotatable bonds is 11. The van der Waals surface area contributed by atoms with Crippen LogP contribution in [-0.4, -0.2) is 98.5 Å². The largest absolute Gasteiger partial charge is 0.481 e. The molecule has 0 spiro atoms. The highest BCUT2D eigenvalue weighted by Crippen LogP contribution is 2.32. The number of carboxylic acid groups (broad SMARTS) is 2. The number of thioether (sulfide) groups is 1. The number of H-pyrrole nitrogens is 1. The van der Waals surface area contributed by atoms with Crippen molar-refractivity contribution in [2.45, 2.75) is 31.0 Å². The highest BCUT2D eigenvalue weighted by molar-refractivity contribution is 8.14. The number of aliphatic carboxylic acids is 2. The second-order valence-electron chi connectivity index (χ2n) is 11.1. The molecule has 3 atom stereocenters. The maximum absolute atomic E-state index is 12.3. The highest BCUT2D eigenvalue weighted by atomic mass is 32.2. The Labute approximate surface area is 278 Å². The average molecular weight is 678 g/mol. The third kappa shape index (κ3) is 8.22. The number of nitrogens with zero attached hydrogens (tertiary/aromatic N) is 4. The predicted octanol–water partition coefficient (Wildman–Crippen LogP) is 1.42. The van der Waals surface area contributed by atoms with Gasteiger partial charge in [-0.3, -0.25) is 24.2 Å². The number of hydrogen-bond donors (Lipinski definition) is 7. The molecule has 2 aromatic carbocycles. The molecule has 48 heavy (non-hydrogen) atoms. The number of amides is 2. The second-order valence-corrected chi connectivity index (χ2v) is 12.1. The van der Waals surface area contributed by atoms with Crippen LogP contribution >= 0.6 is 11.8 Å². The van der Waals surface area contributed by atoms with Crippen molar-refractivity contribution in [2.75, 3.05) is 53.2 Å². The third-order valence-corrected chi connectivity index (χ3v) is 8.85. The zero-order valence-electron chi connectivity index (χ0n) is 25.7. The molecule has 1 unspecified atom stereocenters. The van der Waals surface area contributed by atoms with Crippen molar-refractivity contribution in [3.8, 4) is 0 Å². The summed E-state index contributed by atoms with van der Waals surface area (Å²) in [5.41, 5.74) is 7.09. The SMILES string of the molecule is Nc1nc(=O)c2c([nH]1)NCC(CNc1ccc(C(=O)N[C@@H](CCC(=O)O)C(=O)O)cc1)N2C=O.c1ccc([C@H]2CN3CCSC3=N2)cc1. The number of fused-ring (bicyclic) bond motifs is 2. The molecule has 16 nitrogen and oxygen atoms in total. The van der Waals surface area contributed by atoms with Crippen LogP contribution in [0.2, 0.25) is 0 Å². The van der Waals surface area contributed by atoms with Crippen molar-refractivity contribution in [1.29, 1.82) is 0 Å². The molecule has 0 aliphatic carbocycles. The van der Waals surface area contributed by atoms with E-state index in [1.54, 1.807) is 12.1 Å². The van der Waals surface area contributed by atoms with Crippen LogP contribution in [0.25, 0.3) is 0 Å². The fraction of sp³-hybridized carbons (Fsp3) is 0.323. The lowest BCUT2D eigenvalue weighted by molar-refractivity contribution is -0.140. The van der Waals surface area contributed by atoms with Crippen LogP contribution < -0.4 is 32.1 Å². The molecule has 8 N–H and O–H groups in total. The first-order valence-corrected chi connectivity index (χ1v) is 16.1. The van der Waals surface area contributed by atoms with Gasteiger partial charge in [-0.25, -0.2) is 4.79 Å². The van der Waals surface area contributed by atoms with E-state index < -0.39 is 41.9 Å². The smallest absolute Gasteiger partial charge is 0.326 e. The quantitative estimate of drug-likeness (QED) is 0.142. The molecule has 1 saturated heterocycles. The van der Waals surface area contributed by atoms with Crippen LogP contribution in [0.1, 0.15) is 34.8 Å². The summed E-state index contributed by atoms with van der Waals surface area (Å²) in [7, 11) is 0. The molecule has 1 fully saturated rings. The summed E-state index contributed by atoms with van der Waals surface area (Å²) in [6.07, 6.45) is -0.101. The summed E-state index contributed by atoms with van der Waals surface area (Å²) in [6.45, 7) is 2.83. The van der Waals surface area contributed by atoms with Crippen molar-refractivity contribution in [2.24, 2.45) is 4.99 Å². The minimum atomic E-state index is -1.33. The maximum atomic E-state index is 12.3. The van der Waals surface area contributed by atoms with Crippen molar-refractivity contribution >= 4 is 64.3 Å². The number of nitrogens with one attached hydrogen (secondary N) is 4. The Morgan fingerprint density at radius 2 is 1.88 bits per heavy atom. The number of carbonyl (C=O) groups is 4. The van der Waals surface area contributed by atoms with Gasteiger partial charge in [0.15, 0.2) is 10.9 Å². The Morgan fingerprint density at radius 1 is 1.12 bits per heavy atom. The van der Waals surface area contributed by atoms with Crippen LogP contribution in [0.4, 0.5) is 23.1 Å². The first-order valence-electron chi connectivity index (χ1n) is 15.1. The van der Waals surface area contributed by atoms with E-state index in [1.807, 2.05) is 11.8 Å². The number of aliphatic imine (C=N–C) groups is 1. The standard InChI is InChI=1S/C20H23N7O7.C11H12N2S/c21-20-25-16-15(18(32)26-20)27(9-28)12(8-23-16)7-22-11-3-1-10(2-4-11)17(31)24-13(19(33)34)5-6-14(29)30;1-2-4-9(5-3-1)10-8-13-6-7-14-11(13)12-10/h1-4,9,12-13,22H,5-8H2,(H,24,31)(H,29,30)(H,33,34)(H4,21,23,25,26,32);1-5,10H,6-8H2/t12?,13-;10-/m01/s1. The Balaban J connectivity index is 0.000000264. The molecule has 4 heterocycles. The lowest BCUT2D eigenvalue weighted by Crippen LogP contribution is -2.50. The molecule has 3 aliphatic heterocycles.